The van der Waals surface area contributed by atoms with Gasteiger partial charge in [-0.05, 0) is 111 Å². The number of aliphatic hydroxyl groups is 1. The van der Waals surface area contributed by atoms with Gasteiger partial charge in [-0.1, -0.05) is 36.4 Å². The Morgan fingerprint density at radius 3 is 1.43 bits per heavy atom. The second-order valence-corrected chi connectivity index (χ2v) is 56.7. The third-order valence-electron chi connectivity index (χ3n) is 25.2. The first-order valence-electron chi connectivity index (χ1n) is 46.1. The van der Waals surface area contributed by atoms with Crippen LogP contribution in [0.3, 0.4) is 0 Å². The summed E-state index contributed by atoms with van der Waals surface area (Å²) in [6.45, 7) is 24.4. The van der Waals surface area contributed by atoms with Crippen molar-refractivity contribution in [2.45, 2.75) is 181 Å². The van der Waals surface area contributed by atoms with Crippen molar-refractivity contribution in [1.82, 2.24) is 13.2 Å². The third-order valence-corrected chi connectivity index (χ3v) is 48.3. The van der Waals surface area contributed by atoms with Crippen molar-refractivity contribution in [2.75, 3.05) is 58.3 Å². The summed E-state index contributed by atoms with van der Waals surface area (Å²) < 4.78 is 316. The Bertz CT molecular complexity index is 7440. The van der Waals surface area contributed by atoms with E-state index in [1.807, 2.05) is 61.5 Å². The summed E-state index contributed by atoms with van der Waals surface area (Å²) in [5.74, 6) is -0.851. The number of rotatable bonds is 35. The van der Waals surface area contributed by atoms with Gasteiger partial charge in [-0.15, -0.1) is 0 Å². The zero-order chi connectivity index (χ0) is 106. The molecular formula is C105H107F12I3N5O17S4+. The quantitative estimate of drug-likeness (QED) is 0.00411. The summed E-state index contributed by atoms with van der Waals surface area (Å²) in [5.41, 5.74) is 3.67. The summed E-state index contributed by atoms with van der Waals surface area (Å²) in [7, 11) is -9.05. The molecule has 11 aromatic rings. The molecule has 11 aromatic carbocycles. The topological polar surface area (TPSA) is 271 Å². The molecule has 4 aliphatic heterocycles. The number of hydrogen-bond acceptors (Lipinski definition) is 17. The minimum Gasteiger partial charge on any atom is -0.0603 e. The molecule has 0 fully saturated rings. The second-order valence-electron chi connectivity index (χ2n) is 36.1. The largest absolute Gasteiger partial charge is 0.0603 e. The zero-order valence-electron chi connectivity index (χ0n) is 81.5. The smallest absolute Gasteiger partial charge is 0.0141 e. The number of hydrogen-bond donors (Lipinski definition) is 0. The number of benzene rings is 12. The first-order chi connectivity index (χ1) is 68.5. The molecule has 146 heavy (non-hydrogen) atoms. The van der Waals surface area contributed by atoms with Crippen molar-refractivity contribution in [3.8, 4) is 39.7 Å². The maximum absolute atomic E-state index is 15.5. The standard InChI is InChI=1S/C48H51F4IN2O7S2.C31H30F4INO4S.C26H25F4IN2O6S/c1-8-54(9-2)33-20-25-37-42(28-33)60-43-29-34(55(10-3)11-4)21-26-38(43)45(37)39-27-24-36(30-44(39)63(56)57)64(58,59)31(5)16-17-32-18-22-35(23-19-32)61-48(51,52)47(49,50)53-41-15-13-12-14-40(41)46(6,7)62-53;1-21-9-7-11-25-24(21)10-8-14-28(25)42(38,39)37(4)20-19-22-15-17-23(18-16-22)40-31(34,35)30(32,33)36-27-13-6-5-12-26(27)29(2,3)41-36;1-24(2)22-6-4-5-7-23(22)31(39-24)25(27,28)26(29,30)38-20-12-8-18(9-13-20)16-17-32(3)40(36,37)21-14-10-19(11-15-21)33(34)35/h12-15,18-31H,8-11,16-17H2,1-7H3;5-18H,19-20H2,1-4H3;4-15H,16-17H2,1-3H3/p+1. The van der Waals surface area contributed by atoms with Gasteiger partial charge in [0, 0.05) is 69.8 Å². The van der Waals surface area contributed by atoms with Crippen LogP contribution in [-0.4, -0.2) is 139 Å². The fourth-order valence-electron chi connectivity index (χ4n) is 16.9. The molecule has 0 radical (unpaired) electrons. The number of alkyl halides is 15. The first kappa shape index (κ1) is 112. The number of anilines is 1. The molecule has 1 N–H and O–H groups in total. The molecule has 2 atom stereocenters. The number of fused-ring (bicyclic) bond motifs is 6. The Labute approximate surface area is 864 Å². The van der Waals surface area contributed by atoms with Crippen molar-refractivity contribution in [3.05, 3.63) is 326 Å². The number of sulfone groups is 1. The molecule has 0 spiro atoms. The number of aryl methyl sites for hydroxylation is 2. The maximum atomic E-state index is 15.5. The molecule has 0 amide bonds. The molecule has 0 aromatic heterocycles. The van der Waals surface area contributed by atoms with Crippen LogP contribution in [0.4, 0.5) is 64.1 Å². The van der Waals surface area contributed by atoms with E-state index in [1.54, 1.807) is 102 Å². The van der Waals surface area contributed by atoms with Gasteiger partial charge in [-0.2, -0.15) is 0 Å². The van der Waals surface area contributed by atoms with E-state index in [1.165, 1.54) is 122 Å². The summed E-state index contributed by atoms with van der Waals surface area (Å²) in [5, 5.41) is 12.9. The molecule has 5 aliphatic rings. The molecule has 4 heterocycles. The molecule has 0 saturated heterocycles. The molecule has 0 bridgehead atoms. The molecule has 41 heteroatoms. The molecule has 1 aliphatic carbocycles. The van der Waals surface area contributed by atoms with Gasteiger partial charge in [-0.3, -0.25) is 14.3 Å². The summed E-state index contributed by atoms with van der Waals surface area (Å²) in [6, 6.07) is 64.8. The van der Waals surface area contributed by atoms with Gasteiger partial charge in [0.25, 0.3) is 5.69 Å². The molecule has 16 rings (SSSR count). The van der Waals surface area contributed by atoms with Crippen LogP contribution in [0.25, 0.3) is 44.2 Å². The summed E-state index contributed by atoms with van der Waals surface area (Å²) in [6.07, 6.45) is -13.8. The van der Waals surface area contributed by atoms with Crippen molar-refractivity contribution < 1.29 is 119 Å². The van der Waals surface area contributed by atoms with E-state index in [4.69, 9.17) is 10.5 Å². The predicted octanol–water partition coefficient (Wildman–Crippen LogP) is 25.2. The average Bonchev–Trinajstić information content (AvgIpc) is 1.43. The first-order valence-corrected chi connectivity index (χ1v) is 60.8. The van der Waals surface area contributed by atoms with Crippen LogP contribution < -0.4 is 29.0 Å². The number of ether oxygens (including phenoxy) is 3. The number of nitro benzene ring substituents is 1. The van der Waals surface area contributed by atoms with E-state index >= 15 is 43.9 Å². The minimum absolute atomic E-state index is 0.00567. The van der Waals surface area contributed by atoms with E-state index < -0.39 is 176 Å². The number of sulfonamides is 2. The van der Waals surface area contributed by atoms with Gasteiger partial charge in [0.2, 0.25) is 5.36 Å². The van der Waals surface area contributed by atoms with Crippen molar-refractivity contribution in [3.63, 3.8) is 0 Å². The van der Waals surface area contributed by atoms with Crippen LogP contribution in [0.5, 0.6) is 17.2 Å². The van der Waals surface area contributed by atoms with Crippen LogP contribution in [0, 0.1) is 27.7 Å². The Balaban J connectivity index is 0.000000180. The van der Waals surface area contributed by atoms with E-state index in [0.29, 0.717) is 72.2 Å². The molecule has 782 valence electrons. The van der Waals surface area contributed by atoms with E-state index in [2.05, 4.69) is 54.4 Å². The maximum Gasteiger partial charge on any atom is -0.0141 e. The number of nitrogens with zero attached hydrogens (tertiary/aromatic N) is 5. The number of likely N-dealkylation sites (N-methyl/N-ethyl adjacent to an activating group) is 2. The Hall–Kier alpha value is -9.92. The SMILES string of the molecule is CCN(CC)c1ccc2c(-c3ccc(S(=O)(=O)C(C)CCc4ccc(OC(F)(F)C(F)(F)I5OC(C)(C)c6ccccc65)cc4)cc3S(=O)[O-])c3ccc(=[N+](CC)CC)cc-3oc2c1.CN(CCc1ccc(OC(F)(F)C(F)(F)I2OC(C)(C)c3ccccc32)cc1)S(=O)(=O)c1ccc([N+](=O)[O-])cc1.Cc1cccc2c(S(=O)(=O)N(C)CCc3ccc(OC(F)(F)C(F)(F)I4[OH+]C(C)(C)c5ccccc54)cc3)cccc12. The van der Waals surface area contributed by atoms with Crippen molar-refractivity contribution >= 4 is 135 Å². The van der Waals surface area contributed by atoms with Crippen molar-refractivity contribution in [2.24, 2.45) is 0 Å². The van der Waals surface area contributed by atoms with Gasteiger partial charge < -0.3 is 13.9 Å². The zero-order valence-corrected chi connectivity index (χ0v) is 91.2. The Morgan fingerprint density at radius 2 is 0.938 bits per heavy atom. The van der Waals surface area contributed by atoms with Gasteiger partial charge in [-0.25, -0.2) is 4.58 Å². The van der Waals surface area contributed by atoms with E-state index in [0.717, 1.165) is 101 Å². The summed E-state index contributed by atoms with van der Waals surface area (Å²) in [4.78, 5) is 12.0. The fraction of sp³-hybridized carbons (Fsp3) is 0.324. The van der Waals surface area contributed by atoms with Gasteiger partial charge in [0.15, 0.2) is 0 Å². The van der Waals surface area contributed by atoms with Crippen molar-refractivity contribution in [1.29, 1.82) is 0 Å². The Kier molecular flexibility index (Phi) is 33.3. The third kappa shape index (κ3) is 22.9. The molecule has 22 nitrogen and oxygen atoms in total. The Morgan fingerprint density at radius 1 is 0.486 bits per heavy atom. The summed E-state index contributed by atoms with van der Waals surface area (Å²) >= 11 is -15.3. The molecule has 2 unspecified atom stereocenters. The van der Waals surface area contributed by atoms with Crippen LogP contribution in [0.15, 0.2) is 285 Å². The van der Waals surface area contributed by atoms with E-state index in [9.17, 15) is 52.9 Å². The predicted molar refractivity (Wildman–Crippen MR) is 561 cm³/mol. The van der Waals surface area contributed by atoms with Gasteiger partial charge >= 0.3 is 576 Å². The van der Waals surface area contributed by atoms with Gasteiger partial charge in [0.1, 0.15) is 24.4 Å². The monoisotopic (exact) mass is 2450 g/mol. The van der Waals surface area contributed by atoms with Crippen LogP contribution in [0.2, 0.25) is 0 Å². The number of non-ortho nitro benzene ring substituents is 1. The van der Waals surface area contributed by atoms with Crippen LogP contribution in [0.1, 0.15) is 122 Å². The van der Waals surface area contributed by atoms with E-state index in [-0.39, 0.29) is 74.8 Å². The molecular weight excluding hydrogens is 2340 g/mol. The minimum atomic E-state index is -4.88. The molecule has 0 saturated carbocycles. The number of halogens is 15. The number of nitro groups is 1. The van der Waals surface area contributed by atoms with Crippen LogP contribution >= 0.6 is 60.7 Å². The normalized spacial score (nSPS) is 15.9. The average molecular weight is 2450 g/mol. The van der Waals surface area contributed by atoms with Gasteiger partial charge in [0.05, 0.1) is 11.0 Å². The van der Waals surface area contributed by atoms with Crippen LogP contribution in [-0.2, 0) is 83.2 Å². The fourth-order valence-corrected chi connectivity index (χ4v) is 37.2. The second kappa shape index (κ2) is 43.6.